The van der Waals surface area contributed by atoms with E-state index in [0.29, 0.717) is 28.7 Å². The van der Waals surface area contributed by atoms with E-state index < -0.39 is 0 Å². The van der Waals surface area contributed by atoms with E-state index in [-0.39, 0.29) is 11.6 Å². The van der Waals surface area contributed by atoms with E-state index in [9.17, 15) is 9.59 Å². The van der Waals surface area contributed by atoms with Crippen LogP contribution in [-0.2, 0) is 9.59 Å². The normalized spacial score (nSPS) is 17.1. The molecule has 0 amide bonds. The first-order valence-electron chi connectivity index (χ1n) is 8.02. The van der Waals surface area contributed by atoms with Gasteiger partial charge in [-0.3, -0.25) is 9.59 Å². The van der Waals surface area contributed by atoms with Gasteiger partial charge in [0.2, 0.25) is 0 Å². The number of Topliss-reactive ketones (excluding diaryl/α,β-unsaturated/α-hetero) is 2. The van der Waals surface area contributed by atoms with Crippen molar-refractivity contribution in [2.75, 3.05) is 0 Å². The molecule has 0 aliphatic heterocycles. The summed E-state index contributed by atoms with van der Waals surface area (Å²) in [5.41, 5.74) is 3.82. The van der Waals surface area contributed by atoms with Crippen LogP contribution in [0.15, 0.2) is 33.9 Å². The summed E-state index contributed by atoms with van der Waals surface area (Å²) in [7, 11) is 0. The van der Waals surface area contributed by atoms with Gasteiger partial charge >= 0.3 is 0 Å². The van der Waals surface area contributed by atoms with Gasteiger partial charge in [0.1, 0.15) is 0 Å². The molecule has 0 spiro atoms. The molecule has 0 fully saturated rings. The predicted octanol–water partition coefficient (Wildman–Crippen LogP) is 5.10. The van der Waals surface area contributed by atoms with Crippen molar-refractivity contribution >= 4 is 11.6 Å². The van der Waals surface area contributed by atoms with E-state index in [4.69, 9.17) is 0 Å². The number of carbonyl (C=O) groups is 2. The van der Waals surface area contributed by atoms with E-state index in [0.717, 1.165) is 6.42 Å². The lowest BCUT2D eigenvalue weighted by atomic mass is 9.84. The van der Waals surface area contributed by atoms with Gasteiger partial charge in [0.25, 0.3) is 0 Å². The van der Waals surface area contributed by atoms with Gasteiger partial charge in [-0.25, -0.2) is 0 Å². The Morgan fingerprint density at radius 1 is 0.905 bits per heavy atom. The Morgan fingerprint density at radius 3 is 2.14 bits per heavy atom. The smallest absolute Gasteiger partial charge is 0.185 e. The fourth-order valence-electron chi connectivity index (χ4n) is 2.61. The molecular formula is C19H28O2. The Hall–Kier alpha value is -1.44. The molecule has 0 bridgehead atoms. The quantitative estimate of drug-likeness (QED) is 0.371. The molecule has 0 heterocycles. The topological polar surface area (TPSA) is 34.1 Å². The van der Waals surface area contributed by atoms with Crippen LogP contribution in [0, 0.1) is 0 Å². The minimum atomic E-state index is 0.0242. The van der Waals surface area contributed by atoms with Crippen molar-refractivity contribution in [3.63, 3.8) is 0 Å². The lowest BCUT2D eigenvalue weighted by Crippen LogP contribution is -2.20. The maximum Gasteiger partial charge on any atom is 0.185 e. The molecule has 0 N–H and O–H groups in total. The second-order valence-electron chi connectivity index (χ2n) is 6.08. The summed E-state index contributed by atoms with van der Waals surface area (Å²) in [6, 6.07) is 0. The van der Waals surface area contributed by atoms with Crippen molar-refractivity contribution in [1.82, 2.24) is 0 Å². The third kappa shape index (κ3) is 4.52. The third-order valence-corrected chi connectivity index (χ3v) is 4.39. The summed E-state index contributed by atoms with van der Waals surface area (Å²) in [6.45, 7) is 9.59. The van der Waals surface area contributed by atoms with E-state index in [1.165, 1.54) is 31.3 Å². The van der Waals surface area contributed by atoms with Crippen molar-refractivity contribution in [2.24, 2.45) is 0 Å². The van der Waals surface area contributed by atoms with E-state index in [1.807, 2.05) is 0 Å². The van der Waals surface area contributed by atoms with E-state index in [2.05, 4.69) is 19.9 Å². The second-order valence-corrected chi connectivity index (χ2v) is 6.08. The second kappa shape index (κ2) is 8.11. The maximum atomic E-state index is 12.3. The van der Waals surface area contributed by atoms with Gasteiger partial charge in [0.05, 0.1) is 0 Å². The molecule has 0 atom stereocenters. The van der Waals surface area contributed by atoms with Gasteiger partial charge in [-0.15, -0.1) is 0 Å². The Bertz CT molecular complexity index is 516. The molecule has 116 valence electrons. The summed E-state index contributed by atoms with van der Waals surface area (Å²) in [5, 5.41) is 0. The van der Waals surface area contributed by atoms with Gasteiger partial charge in [-0.05, 0) is 47.0 Å². The monoisotopic (exact) mass is 288 g/mol. The summed E-state index contributed by atoms with van der Waals surface area (Å²) < 4.78 is 0. The average Bonchev–Trinajstić information content (AvgIpc) is 2.47. The van der Waals surface area contributed by atoms with Gasteiger partial charge in [-0.2, -0.15) is 0 Å². The van der Waals surface area contributed by atoms with Crippen molar-refractivity contribution in [3.8, 4) is 0 Å². The average molecular weight is 288 g/mol. The molecule has 0 unspecified atom stereocenters. The molecule has 2 nitrogen and oxygen atoms in total. The Morgan fingerprint density at radius 2 is 1.52 bits per heavy atom. The number of ketones is 2. The highest BCUT2D eigenvalue weighted by atomic mass is 16.1. The zero-order valence-corrected chi connectivity index (χ0v) is 14.1. The fourth-order valence-corrected chi connectivity index (χ4v) is 2.61. The first kappa shape index (κ1) is 17.6. The molecule has 0 aromatic carbocycles. The van der Waals surface area contributed by atoms with Crippen LogP contribution >= 0.6 is 0 Å². The molecule has 0 radical (unpaired) electrons. The standard InChI is InChI=1S/C19H28O2/c1-6-7-8-9-10-13(2)11-12-17-16(5)18(20)14(3)15(4)19(17)21/h11H,6-10,12H2,1-5H3. The van der Waals surface area contributed by atoms with Gasteiger partial charge < -0.3 is 0 Å². The Balaban J connectivity index is 2.70. The molecule has 2 heteroatoms. The summed E-state index contributed by atoms with van der Waals surface area (Å²) in [6.07, 6.45) is 8.79. The van der Waals surface area contributed by atoms with Gasteiger partial charge in [0.15, 0.2) is 11.6 Å². The molecule has 0 aromatic heterocycles. The number of rotatable bonds is 7. The van der Waals surface area contributed by atoms with Crippen molar-refractivity contribution < 1.29 is 9.59 Å². The van der Waals surface area contributed by atoms with Crippen molar-refractivity contribution in [3.05, 3.63) is 33.9 Å². The molecule has 21 heavy (non-hydrogen) atoms. The SMILES string of the molecule is CCCCCCC(C)=CCC1=C(C)C(=O)C(C)=C(C)C1=O. The highest BCUT2D eigenvalue weighted by Crippen LogP contribution is 2.27. The largest absolute Gasteiger partial charge is 0.289 e. The lowest BCUT2D eigenvalue weighted by molar-refractivity contribution is -0.116. The summed E-state index contributed by atoms with van der Waals surface area (Å²) in [4.78, 5) is 24.4. The maximum absolute atomic E-state index is 12.3. The molecular weight excluding hydrogens is 260 g/mol. The Kier molecular flexibility index (Phi) is 6.80. The molecule has 1 aliphatic carbocycles. The van der Waals surface area contributed by atoms with Gasteiger partial charge in [-0.1, -0.05) is 37.8 Å². The number of hydrogen-bond donors (Lipinski definition) is 0. The molecule has 1 rings (SSSR count). The molecule has 0 aromatic rings. The minimum absolute atomic E-state index is 0.0242. The first-order chi connectivity index (χ1) is 9.90. The van der Waals surface area contributed by atoms with Crippen molar-refractivity contribution in [2.45, 2.75) is 73.1 Å². The van der Waals surface area contributed by atoms with Crippen LogP contribution in [0.2, 0.25) is 0 Å². The van der Waals surface area contributed by atoms with Crippen LogP contribution in [0.4, 0.5) is 0 Å². The van der Waals surface area contributed by atoms with Crippen LogP contribution in [0.3, 0.4) is 0 Å². The third-order valence-electron chi connectivity index (χ3n) is 4.39. The first-order valence-corrected chi connectivity index (χ1v) is 8.02. The van der Waals surface area contributed by atoms with Crippen LogP contribution in [0.5, 0.6) is 0 Å². The number of carbonyl (C=O) groups excluding carboxylic acids is 2. The Labute approximate surface area is 129 Å². The van der Waals surface area contributed by atoms with E-state index >= 15 is 0 Å². The zero-order chi connectivity index (χ0) is 16.0. The highest BCUT2D eigenvalue weighted by molar-refractivity contribution is 6.24. The van der Waals surface area contributed by atoms with Crippen LogP contribution in [0.25, 0.3) is 0 Å². The molecule has 0 saturated carbocycles. The van der Waals surface area contributed by atoms with Crippen LogP contribution in [0.1, 0.15) is 73.1 Å². The number of unbranched alkanes of at least 4 members (excludes halogenated alkanes) is 3. The lowest BCUT2D eigenvalue weighted by Gasteiger charge is -2.17. The molecule has 0 saturated heterocycles. The zero-order valence-electron chi connectivity index (χ0n) is 14.1. The summed E-state index contributed by atoms with van der Waals surface area (Å²) in [5.74, 6) is 0.0655. The fraction of sp³-hybridized carbons (Fsp3) is 0.579. The molecule has 1 aliphatic rings. The number of hydrogen-bond acceptors (Lipinski definition) is 2. The van der Waals surface area contributed by atoms with Gasteiger partial charge in [0, 0.05) is 22.3 Å². The predicted molar refractivity (Wildman–Crippen MR) is 88.2 cm³/mol. The van der Waals surface area contributed by atoms with Crippen molar-refractivity contribution in [1.29, 1.82) is 0 Å². The minimum Gasteiger partial charge on any atom is -0.289 e. The summed E-state index contributed by atoms with van der Waals surface area (Å²) >= 11 is 0. The highest BCUT2D eigenvalue weighted by Gasteiger charge is 2.26. The van der Waals surface area contributed by atoms with Crippen LogP contribution in [-0.4, -0.2) is 11.6 Å². The van der Waals surface area contributed by atoms with Crippen LogP contribution < -0.4 is 0 Å². The van der Waals surface area contributed by atoms with E-state index in [1.54, 1.807) is 20.8 Å². The number of allylic oxidation sites excluding steroid dienone is 6.